The highest BCUT2D eigenvalue weighted by Crippen LogP contribution is 2.39. The Bertz CT molecular complexity index is 876. The molecule has 0 aliphatic heterocycles. The summed E-state index contributed by atoms with van der Waals surface area (Å²) in [5.41, 5.74) is 0.974. The normalized spacial score (nSPS) is 33.1. The van der Waals surface area contributed by atoms with Gasteiger partial charge >= 0.3 is 0 Å². The van der Waals surface area contributed by atoms with Crippen molar-refractivity contribution in [3.63, 3.8) is 0 Å². The van der Waals surface area contributed by atoms with Crippen LogP contribution in [0.1, 0.15) is 81.3 Å². The van der Waals surface area contributed by atoms with Gasteiger partial charge in [0.15, 0.2) is 11.6 Å². The van der Waals surface area contributed by atoms with E-state index in [0.29, 0.717) is 34.8 Å². The minimum absolute atomic E-state index is 0.161. The van der Waals surface area contributed by atoms with E-state index in [9.17, 15) is 8.78 Å². The van der Waals surface area contributed by atoms with Crippen LogP contribution in [-0.2, 0) is 0 Å². The number of rotatable bonds is 6. The van der Waals surface area contributed by atoms with E-state index >= 15 is 0 Å². The van der Waals surface area contributed by atoms with Gasteiger partial charge in [-0.15, -0.1) is 6.58 Å². The second kappa shape index (κ2) is 11.4. The van der Waals surface area contributed by atoms with Crippen molar-refractivity contribution < 1.29 is 8.78 Å². The van der Waals surface area contributed by atoms with Crippen molar-refractivity contribution in [2.24, 2.45) is 29.6 Å². The fourth-order valence-electron chi connectivity index (χ4n) is 5.96. The van der Waals surface area contributed by atoms with Crippen LogP contribution in [0.15, 0.2) is 61.2 Å². The summed E-state index contributed by atoms with van der Waals surface area (Å²) in [6.45, 7) is 5.53. The number of hydrogen-bond donors (Lipinski definition) is 0. The van der Waals surface area contributed by atoms with Crippen LogP contribution < -0.4 is 0 Å². The van der Waals surface area contributed by atoms with Crippen molar-refractivity contribution in [2.75, 3.05) is 0 Å². The molecule has 2 atom stereocenters. The lowest BCUT2D eigenvalue weighted by molar-refractivity contribution is 0.345. The zero-order chi connectivity index (χ0) is 23.2. The molecule has 0 amide bonds. The van der Waals surface area contributed by atoms with Crippen LogP contribution in [0.25, 0.3) is 0 Å². The summed E-state index contributed by atoms with van der Waals surface area (Å²) >= 11 is 0. The Balaban J connectivity index is 1.19. The molecule has 0 nitrogen and oxygen atoms in total. The van der Waals surface area contributed by atoms with Gasteiger partial charge in [-0.05, 0) is 118 Å². The van der Waals surface area contributed by atoms with Gasteiger partial charge in [-0.1, -0.05) is 54.7 Å². The van der Waals surface area contributed by atoms with Crippen molar-refractivity contribution in [3.8, 4) is 0 Å². The Morgan fingerprint density at radius 2 is 1.18 bits per heavy atom. The van der Waals surface area contributed by atoms with E-state index in [-0.39, 0.29) is 5.92 Å². The van der Waals surface area contributed by atoms with Crippen molar-refractivity contribution in [1.29, 1.82) is 0 Å². The Hall–Kier alpha value is -1.96. The predicted molar refractivity (Wildman–Crippen MR) is 135 cm³/mol. The average molecular weight is 451 g/mol. The standard InChI is InChI=1S/C31H40F2/c1-3-23-5-7-24(8-6-23)9-10-25-11-13-26(14-12-25)15-16-27-17-19-28(20-18-27)29-21-4-22(2)30(32)31(29)33/h3-5,7,9-10,15-16,21,23-28H,1,6,8,11-14,17-20H2,2H3/b10-9+,16-15+. The van der Waals surface area contributed by atoms with E-state index in [1.807, 2.05) is 0 Å². The van der Waals surface area contributed by atoms with Crippen LogP contribution in [0.5, 0.6) is 0 Å². The third kappa shape index (κ3) is 6.34. The van der Waals surface area contributed by atoms with Crippen molar-refractivity contribution >= 4 is 0 Å². The third-order valence-electron chi connectivity index (χ3n) is 8.36. The van der Waals surface area contributed by atoms with Gasteiger partial charge in [-0.3, -0.25) is 0 Å². The first kappa shape index (κ1) is 24.2. The van der Waals surface area contributed by atoms with Gasteiger partial charge in [0.1, 0.15) is 0 Å². The van der Waals surface area contributed by atoms with Crippen LogP contribution >= 0.6 is 0 Å². The topological polar surface area (TPSA) is 0 Å². The van der Waals surface area contributed by atoms with E-state index in [2.05, 4.69) is 49.1 Å². The zero-order valence-electron chi connectivity index (χ0n) is 20.2. The first-order chi connectivity index (χ1) is 16.0. The van der Waals surface area contributed by atoms with Crippen molar-refractivity contribution in [2.45, 2.75) is 77.0 Å². The molecule has 3 aliphatic carbocycles. The first-order valence-electron chi connectivity index (χ1n) is 13.2. The minimum Gasteiger partial charge on any atom is -0.203 e. The maximum Gasteiger partial charge on any atom is 0.162 e. The largest absolute Gasteiger partial charge is 0.203 e. The molecule has 2 unspecified atom stereocenters. The number of allylic oxidation sites excluding steroid dienone is 7. The maximum absolute atomic E-state index is 14.4. The molecule has 1 aromatic carbocycles. The fourth-order valence-corrected chi connectivity index (χ4v) is 5.96. The number of hydrogen-bond acceptors (Lipinski definition) is 0. The number of halogens is 2. The molecule has 0 saturated heterocycles. The van der Waals surface area contributed by atoms with Crippen LogP contribution in [-0.4, -0.2) is 0 Å². The summed E-state index contributed by atoms with van der Waals surface area (Å²) in [6, 6.07) is 3.51. The molecule has 2 saturated carbocycles. The monoisotopic (exact) mass is 450 g/mol. The van der Waals surface area contributed by atoms with Gasteiger partial charge in [0.05, 0.1) is 0 Å². The summed E-state index contributed by atoms with van der Waals surface area (Å²) in [6.07, 6.45) is 28.3. The molecule has 1 aromatic rings. The second-order valence-electron chi connectivity index (χ2n) is 10.7. The van der Waals surface area contributed by atoms with E-state index < -0.39 is 11.6 Å². The lowest BCUT2D eigenvalue weighted by Crippen LogP contribution is -2.15. The Morgan fingerprint density at radius 1 is 0.667 bits per heavy atom. The van der Waals surface area contributed by atoms with Crippen LogP contribution in [0.2, 0.25) is 0 Å². The molecule has 0 radical (unpaired) electrons. The van der Waals surface area contributed by atoms with Gasteiger partial charge in [0.25, 0.3) is 0 Å². The van der Waals surface area contributed by atoms with Crippen LogP contribution in [0.3, 0.4) is 0 Å². The molecule has 33 heavy (non-hydrogen) atoms. The predicted octanol–water partition coefficient (Wildman–Crippen LogP) is 9.23. The minimum atomic E-state index is -0.670. The van der Waals surface area contributed by atoms with Crippen molar-refractivity contribution in [1.82, 2.24) is 0 Å². The highest BCUT2D eigenvalue weighted by atomic mass is 19.2. The van der Waals surface area contributed by atoms with Gasteiger partial charge in [0, 0.05) is 0 Å². The Labute approximate surface area is 199 Å². The van der Waals surface area contributed by atoms with E-state index in [4.69, 9.17) is 0 Å². The second-order valence-corrected chi connectivity index (χ2v) is 10.7. The molecule has 0 bridgehead atoms. The van der Waals surface area contributed by atoms with Crippen LogP contribution in [0, 0.1) is 48.1 Å². The summed E-state index contributed by atoms with van der Waals surface area (Å²) in [5, 5.41) is 0. The average Bonchev–Trinajstić information content (AvgIpc) is 2.86. The maximum atomic E-state index is 14.4. The first-order valence-corrected chi connectivity index (χ1v) is 13.2. The van der Waals surface area contributed by atoms with Gasteiger partial charge in [-0.25, -0.2) is 8.78 Å². The molecule has 0 aromatic heterocycles. The van der Waals surface area contributed by atoms with Gasteiger partial charge < -0.3 is 0 Å². The lowest BCUT2D eigenvalue weighted by atomic mass is 9.77. The quantitative estimate of drug-likeness (QED) is 0.379. The molecule has 178 valence electrons. The lowest BCUT2D eigenvalue weighted by Gasteiger charge is -2.29. The van der Waals surface area contributed by atoms with E-state index in [1.54, 1.807) is 19.1 Å². The summed E-state index contributed by atoms with van der Waals surface area (Å²) in [4.78, 5) is 0. The smallest absolute Gasteiger partial charge is 0.162 e. The molecule has 3 aliphatic rings. The molecular formula is C31H40F2. The zero-order valence-corrected chi connectivity index (χ0v) is 20.2. The number of benzene rings is 1. The van der Waals surface area contributed by atoms with Crippen molar-refractivity contribution in [3.05, 3.63) is 84.0 Å². The molecule has 0 N–H and O–H groups in total. The summed E-state index contributed by atoms with van der Waals surface area (Å²) in [5.74, 6) is 2.08. The van der Waals surface area contributed by atoms with E-state index in [1.165, 1.54) is 38.5 Å². The summed E-state index contributed by atoms with van der Waals surface area (Å²) < 4.78 is 28.3. The molecular weight excluding hydrogens is 410 g/mol. The molecule has 2 heteroatoms. The van der Waals surface area contributed by atoms with Gasteiger partial charge in [0.2, 0.25) is 0 Å². The van der Waals surface area contributed by atoms with E-state index in [0.717, 1.165) is 31.6 Å². The van der Waals surface area contributed by atoms with Crippen LogP contribution in [0.4, 0.5) is 8.78 Å². The SMILES string of the molecule is C=CC1C=CC(/C=C/C2CCC(/C=C/C3CCC(c4ccc(C)c(F)c4F)CC3)CC2)CC1. The molecule has 4 rings (SSSR count). The summed E-state index contributed by atoms with van der Waals surface area (Å²) in [7, 11) is 0. The third-order valence-corrected chi connectivity index (χ3v) is 8.36. The highest BCUT2D eigenvalue weighted by Gasteiger charge is 2.25. The van der Waals surface area contributed by atoms with Gasteiger partial charge in [-0.2, -0.15) is 0 Å². The Morgan fingerprint density at radius 3 is 1.73 bits per heavy atom. The highest BCUT2D eigenvalue weighted by molar-refractivity contribution is 5.28. The fraction of sp³-hybridized carbons (Fsp3) is 0.548. The Kier molecular flexibility index (Phi) is 8.39. The molecule has 2 fully saturated rings. The number of aryl methyl sites for hydroxylation is 1. The molecule has 0 spiro atoms. The molecule has 0 heterocycles.